The van der Waals surface area contributed by atoms with Crippen LogP contribution in [0, 0.1) is 5.92 Å². The third kappa shape index (κ3) is 5.85. The van der Waals surface area contributed by atoms with Gasteiger partial charge in [-0.2, -0.15) is 0 Å². The maximum Gasteiger partial charge on any atom is 0.0897 e. The van der Waals surface area contributed by atoms with Gasteiger partial charge in [0.2, 0.25) is 0 Å². The number of hydrogen-bond donors (Lipinski definition) is 2. The van der Waals surface area contributed by atoms with E-state index in [1.807, 2.05) is 0 Å². The van der Waals surface area contributed by atoms with Crippen molar-refractivity contribution in [2.24, 2.45) is 5.92 Å². The van der Waals surface area contributed by atoms with Gasteiger partial charge < -0.3 is 20.1 Å². The van der Waals surface area contributed by atoms with Crippen molar-refractivity contribution in [3.63, 3.8) is 0 Å². The van der Waals surface area contributed by atoms with Crippen LogP contribution in [0.15, 0.2) is 0 Å². The predicted molar refractivity (Wildman–Crippen MR) is 86.5 cm³/mol. The summed E-state index contributed by atoms with van der Waals surface area (Å²) < 4.78 is 5.87. The zero-order valence-corrected chi connectivity index (χ0v) is 14.1. The van der Waals surface area contributed by atoms with Crippen molar-refractivity contribution >= 4 is 0 Å². The molecule has 1 aliphatic heterocycles. The van der Waals surface area contributed by atoms with Gasteiger partial charge in [-0.15, -0.1) is 0 Å². The van der Waals surface area contributed by atoms with Gasteiger partial charge in [0.1, 0.15) is 0 Å². The lowest BCUT2D eigenvalue weighted by atomic mass is 9.89. The number of nitrogens with zero attached hydrogens (tertiary/aromatic N) is 1. The Morgan fingerprint density at radius 2 is 1.90 bits per heavy atom. The number of hydrogen-bond acceptors (Lipinski definition) is 4. The molecule has 0 aromatic rings. The van der Waals surface area contributed by atoms with E-state index in [1.54, 1.807) is 0 Å². The number of piperidine rings is 1. The maximum atomic E-state index is 10.1. The molecule has 3 atom stereocenters. The van der Waals surface area contributed by atoms with E-state index in [0.29, 0.717) is 31.3 Å². The minimum Gasteiger partial charge on any atom is -0.389 e. The van der Waals surface area contributed by atoms with Crippen molar-refractivity contribution < 1.29 is 9.84 Å². The Morgan fingerprint density at radius 1 is 1.19 bits per heavy atom. The lowest BCUT2D eigenvalue weighted by Crippen LogP contribution is -2.47. The molecule has 2 rings (SSSR count). The number of rotatable bonds is 6. The van der Waals surface area contributed by atoms with E-state index in [-0.39, 0.29) is 6.10 Å². The van der Waals surface area contributed by atoms with E-state index in [1.165, 1.54) is 25.7 Å². The molecule has 1 saturated heterocycles. The first kappa shape index (κ1) is 17.2. The minimum absolute atomic E-state index is 0.374. The summed E-state index contributed by atoms with van der Waals surface area (Å²) >= 11 is 0. The van der Waals surface area contributed by atoms with Crippen LogP contribution in [-0.2, 0) is 4.74 Å². The highest BCUT2D eigenvalue weighted by Gasteiger charge is 2.23. The van der Waals surface area contributed by atoms with Crippen molar-refractivity contribution in [2.75, 3.05) is 26.7 Å². The normalized spacial score (nSPS) is 36.6. The summed E-state index contributed by atoms with van der Waals surface area (Å²) in [6.45, 7) is 6.87. The van der Waals surface area contributed by atoms with Crippen LogP contribution in [0.2, 0.25) is 0 Å². The van der Waals surface area contributed by atoms with Crippen molar-refractivity contribution in [2.45, 2.75) is 76.7 Å². The smallest absolute Gasteiger partial charge is 0.0897 e. The molecule has 124 valence electrons. The van der Waals surface area contributed by atoms with Gasteiger partial charge in [0.05, 0.1) is 18.8 Å². The lowest BCUT2D eigenvalue weighted by Gasteiger charge is -2.35. The topological polar surface area (TPSA) is 44.7 Å². The summed E-state index contributed by atoms with van der Waals surface area (Å²) in [4.78, 5) is 2.40. The molecule has 1 aliphatic carbocycles. The first-order valence-electron chi connectivity index (χ1n) is 8.78. The quantitative estimate of drug-likeness (QED) is 0.787. The average Bonchev–Trinajstić information content (AvgIpc) is 2.48. The molecule has 1 saturated carbocycles. The molecule has 0 aromatic heterocycles. The van der Waals surface area contributed by atoms with Gasteiger partial charge >= 0.3 is 0 Å². The highest BCUT2D eigenvalue weighted by atomic mass is 16.5. The summed E-state index contributed by atoms with van der Waals surface area (Å²) in [5.74, 6) is 0.850. The van der Waals surface area contributed by atoms with E-state index >= 15 is 0 Å². The number of ether oxygens (including phenoxy) is 1. The van der Waals surface area contributed by atoms with Crippen LogP contribution in [0.5, 0.6) is 0 Å². The standard InChI is InChI=1S/C17H34N2O2/c1-13-4-6-17(7-5-13)21-12-16(20)11-18-15-8-9-19(3)14(2)10-15/h13-18,20H,4-12H2,1-3H3. The Balaban J connectivity index is 1.56. The Hall–Kier alpha value is -0.160. The van der Waals surface area contributed by atoms with Gasteiger partial charge in [0.25, 0.3) is 0 Å². The second kappa shape index (κ2) is 8.47. The molecule has 0 amide bonds. The molecule has 2 N–H and O–H groups in total. The van der Waals surface area contributed by atoms with Crippen LogP contribution in [-0.4, -0.2) is 61.0 Å². The van der Waals surface area contributed by atoms with Crippen molar-refractivity contribution in [3.8, 4) is 0 Å². The third-order valence-corrected chi connectivity index (χ3v) is 5.34. The molecule has 4 nitrogen and oxygen atoms in total. The largest absolute Gasteiger partial charge is 0.389 e. The van der Waals surface area contributed by atoms with E-state index < -0.39 is 0 Å². The van der Waals surface area contributed by atoms with Gasteiger partial charge in [-0.25, -0.2) is 0 Å². The Bertz CT molecular complexity index is 293. The number of likely N-dealkylation sites (tertiary alicyclic amines) is 1. The van der Waals surface area contributed by atoms with Crippen molar-refractivity contribution in [1.82, 2.24) is 10.2 Å². The van der Waals surface area contributed by atoms with E-state index in [2.05, 4.69) is 31.1 Å². The fourth-order valence-electron chi connectivity index (χ4n) is 3.48. The van der Waals surface area contributed by atoms with Gasteiger partial charge in [0, 0.05) is 18.6 Å². The molecular weight excluding hydrogens is 264 g/mol. The second-order valence-corrected chi connectivity index (χ2v) is 7.33. The first-order valence-corrected chi connectivity index (χ1v) is 8.78. The average molecular weight is 298 g/mol. The van der Waals surface area contributed by atoms with E-state index in [9.17, 15) is 5.11 Å². The Morgan fingerprint density at radius 3 is 2.57 bits per heavy atom. The maximum absolute atomic E-state index is 10.1. The summed E-state index contributed by atoms with van der Waals surface area (Å²) in [5, 5.41) is 13.6. The van der Waals surface area contributed by atoms with Crippen LogP contribution >= 0.6 is 0 Å². The molecule has 1 heterocycles. The molecule has 4 heteroatoms. The summed E-state index contributed by atoms with van der Waals surface area (Å²) in [6, 6.07) is 1.18. The van der Waals surface area contributed by atoms with Crippen molar-refractivity contribution in [1.29, 1.82) is 0 Å². The summed E-state index contributed by atoms with van der Waals surface area (Å²) in [7, 11) is 2.19. The van der Waals surface area contributed by atoms with Crippen molar-refractivity contribution in [3.05, 3.63) is 0 Å². The number of aliphatic hydroxyl groups excluding tert-OH is 1. The second-order valence-electron chi connectivity index (χ2n) is 7.33. The summed E-state index contributed by atoms with van der Waals surface area (Å²) in [5.41, 5.74) is 0. The third-order valence-electron chi connectivity index (χ3n) is 5.34. The fraction of sp³-hybridized carbons (Fsp3) is 1.00. The van der Waals surface area contributed by atoms with Crippen LogP contribution < -0.4 is 5.32 Å². The fourth-order valence-corrected chi connectivity index (χ4v) is 3.48. The van der Waals surface area contributed by atoms with Crippen LogP contribution in [0.4, 0.5) is 0 Å². The van der Waals surface area contributed by atoms with E-state index in [4.69, 9.17) is 4.74 Å². The molecule has 3 unspecified atom stereocenters. The van der Waals surface area contributed by atoms with E-state index in [0.717, 1.165) is 25.3 Å². The monoisotopic (exact) mass is 298 g/mol. The van der Waals surface area contributed by atoms with Crippen LogP contribution in [0.25, 0.3) is 0 Å². The molecule has 0 aromatic carbocycles. The van der Waals surface area contributed by atoms with Crippen LogP contribution in [0.3, 0.4) is 0 Å². The zero-order valence-electron chi connectivity index (χ0n) is 14.1. The first-order chi connectivity index (χ1) is 10.0. The number of aliphatic hydroxyl groups is 1. The molecule has 2 fully saturated rings. The molecule has 0 radical (unpaired) electrons. The zero-order chi connectivity index (χ0) is 15.2. The highest BCUT2D eigenvalue weighted by Crippen LogP contribution is 2.25. The molecule has 0 bridgehead atoms. The molecular formula is C17H34N2O2. The van der Waals surface area contributed by atoms with Gasteiger partial charge in [-0.05, 0) is 65.0 Å². The minimum atomic E-state index is -0.376. The van der Waals surface area contributed by atoms with Gasteiger partial charge in [0.15, 0.2) is 0 Å². The SMILES string of the molecule is CC1CCC(OCC(O)CNC2CCN(C)C(C)C2)CC1. The van der Waals surface area contributed by atoms with Gasteiger partial charge in [-0.1, -0.05) is 6.92 Å². The summed E-state index contributed by atoms with van der Waals surface area (Å²) in [6.07, 6.45) is 7.21. The lowest BCUT2D eigenvalue weighted by molar-refractivity contribution is -0.0289. The molecule has 21 heavy (non-hydrogen) atoms. The molecule has 0 spiro atoms. The number of nitrogens with one attached hydrogen (secondary N) is 1. The van der Waals surface area contributed by atoms with Crippen LogP contribution in [0.1, 0.15) is 52.4 Å². The Labute approximate surface area is 130 Å². The van der Waals surface area contributed by atoms with Gasteiger partial charge in [-0.3, -0.25) is 0 Å². The predicted octanol–water partition coefficient (Wildman–Crippen LogP) is 2.01. The highest BCUT2D eigenvalue weighted by molar-refractivity contribution is 4.82. The molecule has 2 aliphatic rings. The Kier molecular flexibility index (Phi) is 6.93.